The Bertz CT molecular complexity index is 837. The lowest BCUT2D eigenvalue weighted by molar-refractivity contribution is -0.124. The van der Waals surface area contributed by atoms with Gasteiger partial charge in [-0.3, -0.25) is 19.3 Å². The Kier molecular flexibility index (Phi) is 7.91. The van der Waals surface area contributed by atoms with Crippen molar-refractivity contribution in [3.8, 4) is 0 Å². The van der Waals surface area contributed by atoms with Crippen molar-refractivity contribution >= 4 is 34.8 Å². The molecule has 7 heteroatoms. The van der Waals surface area contributed by atoms with Gasteiger partial charge in [0.05, 0.1) is 12.6 Å². The molecule has 2 N–H and O–H groups in total. The van der Waals surface area contributed by atoms with E-state index in [1.807, 2.05) is 42.2 Å². The van der Waals surface area contributed by atoms with Crippen LogP contribution in [0.4, 0.5) is 17.1 Å². The van der Waals surface area contributed by atoms with E-state index in [2.05, 4.69) is 10.6 Å². The van der Waals surface area contributed by atoms with Crippen LogP contribution in [0.3, 0.4) is 0 Å². The highest BCUT2D eigenvalue weighted by molar-refractivity contribution is 5.97. The van der Waals surface area contributed by atoms with E-state index in [0.29, 0.717) is 17.9 Å². The zero-order valence-corrected chi connectivity index (χ0v) is 17.3. The third-order valence-corrected chi connectivity index (χ3v) is 4.62. The van der Waals surface area contributed by atoms with Crippen LogP contribution < -0.4 is 15.5 Å². The van der Waals surface area contributed by atoms with Gasteiger partial charge in [-0.05, 0) is 49.9 Å². The number of hydrogen-bond donors (Lipinski definition) is 2. The van der Waals surface area contributed by atoms with E-state index >= 15 is 0 Å². The molecular weight excluding hydrogens is 368 g/mol. The van der Waals surface area contributed by atoms with Gasteiger partial charge in [-0.25, -0.2) is 0 Å². The summed E-state index contributed by atoms with van der Waals surface area (Å²) in [5.41, 5.74) is 2.10. The van der Waals surface area contributed by atoms with Crippen LogP contribution in [-0.4, -0.2) is 48.8 Å². The summed E-state index contributed by atoms with van der Waals surface area (Å²) >= 11 is 0. The molecule has 0 aliphatic rings. The molecule has 0 aliphatic heterocycles. The standard InChI is InChI=1S/C22H28N4O3/c1-5-26(16(2)22(29)25(4)20-9-7-6-8-10-20)15-21(28)24-19-13-11-18(12-14-19)23-17(3)27/h6-14,16H,5,15H2,1-4H3,(H,23,27)(H,24,28)/t16-/m1/s1. The second-order valence-corrected chi connectivity index (χ2v) is 6.78. The molecule has 2 rings (SSSR count). The Hall–Kier alpha value is -3.19. The van der Waals surface area contributed by atoms with Gasteiger partial charge in [0, 0.05) is 31.0 Å². The summed E-state index contributed by atoms with van der Waals surface area (Å²) < 4.78 is 0. The molecule has 154 valence electrons. The molecule has 0 unspecified atom stereocenters. The highest BCUT2D eigenvalue weighted by Crippen LogP contribution is 2.15. The molecular formula is C22H28N4O3. The second kappa shape index (κ2) is 10.4. The quantitative estimate of drug-likeness (QED) is 0.719. The number of benzene rings is 2. The van der Waals surface area contributed by atoms with Crippen LogP contribution in [0.1, 0.15) is 20.8 Å². The summed E-state index contributed by atoms with van der Waals surface area (Å²) in [5.74, 6) is -0.439. The van der Waals surface area contributed by atoms with E-state index in [4.69, 9.17) is 0 Å². The number of anilines is 3. The molecule has 29 heavy (non-hydrogen) atoms. The minimum Gasteiger partial charge on any atom is -0.326 e. The molecule has 0 saturated heterocycles. The number of hydrogen-bond acceptors (Lipinski definition) is 4. The molecule has 3 amide bonds. The van der Waals surface area contributed by atoms with Crippen LogP contribution >= 0.6 is 0 Å². The van der Waals surface area contributed by atoms with Crippen molar-refractivity contribution in [3.05, 3.63) is 54.6 Å². The number of rotatable bonds is 8. The number of carbonyl (C=O) groups is 3. The van der Waals surface area contributed by atoms with E-state index in [1.165, 1.54) is 6.92 Å². The summed E-state index contributed by atoms with van der Waals surface area (Å²) in [4.78, 5) is 39.8. The van der Waals surface area contributed by atoms with E-state index in [9.17, 15) is 14.4 Å². The van der Waals surface area contributed by atoms with Crippen molar-refractivity contribution < 1.29 is 14.4 Å². The highest BCUT2D eigenvalue weighted by atomic mass is 16.2. The van der Waals surface area contributed by atoms with Crippen LogP contribution in [0.25, 0.3) is 0 Å². The summed E-state index contributed by atoms with van der Waals surface area (Å²) in [6.07, 6.45) is 0. The Morgan fingerprint density at radius 3 is 2.00 bits per heavy atom. The maximum Gasteiger partial charge on any atom is 0.243 e. The van der Waals surface area contributed by atoms with Crippen LogP contribution in [0.5, 0.6) is 0 Å². The van der Waals surface area contributed by atoms with Crippen LogP contribution in [0.15, 0.2) is 54.6 Å². The van der Waals surface area contributed by atoms with Gasteiger partial charge in [-0.2, -0.15) is 0 Å². The zero-order valence-electron chi connectivity index (χ0n) is 17.3. The largest absolute Gasteiger partial charge is 0.326 e. The Morgan fingerprint density at radius 1 is 0.931 bits per heavy atom. The molecule has 0 aliphatic carbocycles. The normalized spacial score (nSPS) is 11.6. The Morgan fingerprint density at radius 2 is 1.48 bits per heavy atom. The van der Waals surface area contributed by atoms with Gasteiger partial charge in [0.1, 0.15) is 0 Å². The van der Waals surface area contributed by atoms with Gasteiger partial charge >= 0.3 is 0 Å². The van der Waals surface area contributed by atoms with E-state index in [1.54, 1.807) is 43.1 Å². The minimum absolute atomic E-state index is 0.0782. The average molecular weight is 396 g/mol. The first-order chi connectivity index (χ1) is 13.8. The van der Waals surface area contributed by atoms with Crippen molar-refractivity contribution in [3.63, 3.8) is 0 Å². The van der Waals surface area contributed by atoms with Crippen molar-refractivity contribution in [2.24, 2.45) is 0 Å². The summed E-state index contributed by atoms with van der Waals surface area (Å²) in [5, 5.41) is 5.50. The number of amides is 3. The number of likely N-dealkylation sites (N-methyl/N-ethyl adjacent to an activating group) is 2. The average Bonchev–Trinajstić information content (AvgIpc) is 2.72. The molecule has 7 nitrogen and oxygen atoms in total. The maximum atomic E-state index is 12.8. The molecule has 0 fully saturated rings. The smallest absolute Gasteiger partial charge is 0.243 e. The van der Waals surface area contributed by atoms with E-state index in [0.717, 1.165) is 5.69 Å². The number of nitrogens with one attached hydrogen (secondary N) is 2. The van der Waals surface area contributed by atoms with Crippen molar-refractivity contribution in [1.82, 2.24) is 4.90 Å². The zero-order chi connectivity index (χ0) is 21.4. The lowest BCUT2D eigenvalue weighted by atomic mass is 10.2. The first-order valence-corrected chi connectivity index (χ1v) is 9.56. The van der Waals surface area contributed by atoms with Crippen molar-refractivity contribution in [2.75, 3.05) is 35.7 Å². The minimum atomic E-state index is -0.446. The van der Waals surface area contributed by atoms with Crippen LogP contribution in [-0.2, 0) is 14.4 Å². The molecule has 0 aromatic heterocycles. The van der Waals surface area contributed by atoms with Gasteiger partial charge < -0.3 is 15.5 Å². The van der Waals surface area contributed by atoms with Crippen LogP contribution in [0.2, 0.25) is 0 Å². The third kappa shape index (κ3) is 6.43. The molecule has 0 radical (unpaired) electrons. The summed E-state index contributed by atoms with van der Waals surface area (Å²) in [6, 6.07) is 15.8. The fourth-order valence-electron chi connectivity index (χ4n) is 2.96. The SMILES string of the molecule is CCN(CC(=O)Nc1ccc(NC(C)=O)cc1)[C@H](C)C(=O)N(C)c1ccccc1. The Balaban J connectivity index is 1.96. The number of nitrogens with zero attached hydrogens (tertiary/aromatic N) is 2. The topological polar surface area (TPSA) is 81.8 Å². The predicted octanol–water partition coefficient (Wildman–Crippen LogP) is 2.96. The first kappa shape index (κ1) is 22.1. The van der Waals surface area contributed by atoms with E-state index < -0.39 is 6.04 Å². The molecule has 1 atom stereocenters. The number of carbonyl (C=O) groups excluding carboxylic acids is 3. The first-order valence-electron chi connectivity index (χ1n) is 9.56. The summed E-state index contributed by atoms with van der Waals surface area (Å²) in [6.45, 7) is 5.82. The van der Waals surface area contributed by atoms with Gasteiger partial charge in [-0.15, -0.1) is 0 Å². The van der Waals surface area contributed by atoms with Gasteiger partial charge in [-0.1, -0.05) is 25.1 Å². The number of para-hydroxylation sites is 1. The van der Waals surface area contributed by atoms with Crippen molar-refractivity contribution in [1.29, 1.82) is 0 Å². The van der Waals surface area contributed by atoms with Gasteiger partial charge in [0.2, 0.25) is 17.7 Å². The molecule has 0 spiro atoms. The molecule has 0 heterocycles. The van der Waals surface area contributed by atoms with Crippen LogP contribution in [0, 0.1) is 0 Å². The molecule has 2 aromatic rings. The van der Waals surface area contributed by atoms with Gasteiger partial charge in [0.25, 0.3) is 0 Å². The second-order valence-electron chi connectivity index (χ2n) is 6.78. The third-order valence-electron chi connectivity index (χ3n) is 4.62. The lowest BCUT2D eigenvalue weighted by Crippen LogP contribution is -2.48. The fourth-order valence-corrected chi connectivity index (χ4v) is 2.96. The molecule has 0 saturated carbocycles. The highest BCUT2D eigenvalue weighted by Gasteiger charge is 2.25. The van der Waals surface area contributed by atoms with E-state index in [-0.39, 0.29) is 24.3 Å². The van der Waals surface area contributed by atoms with Crippen molar-refractivity contribution in [2.45, 2.75) is 26.8 Å². The Labute approximate surface area is 171 Å². The molecule has 2 aromatic carbocycles. The maximum absolute atomic E-state index is 12.8. The lowest BCUT2D eigenvalue weighted by Gasteiger charge is -2.30. The summed E-state index contributed by atoms with van der Waals surface area (Å²) in [7, 11) is 1.73. The predicted molar refractivity (Wildman–Crippen MR) is 116 cm³/mol. The van der Waals surface area contributed by atoms with Gasteiger partial charge in [0.15, 0.2) is 0 Å². The monoisotopic (exact) mass is 396 g/mol. The molecule has 0 bridgehead atoms. The fraction of sp³-hybridized carbons (Fsp3) is 0.318.